The minimum absolute atomic E-state index is 0.189. The van der Waals surface area contributed by atoms with E-state index in [1.54, 1.807) is 12.1 Å². The summed E-state index contributed by atoms with van der Waals surface area (Å²) in [6.07, 6.45) is 3.51. The van der Waals surface area contributed by atoms with Crippen molar-refractivity contribution >= 4 is 29.4 Å². The molecular weight excluding hydrogens is 447 g/mol. The van der Waals surface area contributed by atoms with Crippen molar-refractivity contribution in [2.75, 3.05) is 24.6 Å². The number of nitrogens with zero attached hydrogens (tertiary/aromatic N) is 4. The molecule has 2 fully saturated rings. The van der Waals surface area contributed by atoms with Gasteiger partial charge in [0.2, 0.25) is 5.95 Å². The smallest absolute Gasteiger partial charge is 0.313 e. The monoisotopic (exact) mass is 470 g/mol. The Morgan fingerprint density at radius 2 is 2.09 bits per heavy atom. The number of ether oxygens (including phenoxy) is 2. The number of rotatable bonds is 9. The topological polar surface area (TPSA) is 153 Å². The third-order valence-corrected chi connectivity index (χ3v) is 5.20. The number of benzene rings is 1. The number of cyclic esters (lactones) is 1. The Kier molecular flexibility index (Phi) is 6.95. The van der Waals surface area contributed by atoms with Crippen LogP contribution < -0.4 is 10.6 Å². The standard InChI is InChI=1S/C22H23FN6O5/c23-21-13(11-32-20(31)6-18(24)25)2-1-3-17(21)14-7-26-22(27-8-14)29-9-15(10-29)28-33-12-16-4-5-19(30)34-16/h1-3,7-8,16H,4-6,9-12H2,(H3,24,25). The first kappa shape index (κ1) is 23.1. The Hall–Kier alpha value is -4.09. The van der Waals surface area contributed by atoms with Crippen LogP contribution in [-0.4, -0.2) is 59.3 Å². The van der Waals surface area contributed by atoms with Crippen LogP contribution in [0, 0.1) is 11.2 Å². The summed E-state index contributed by atoms with van der Waals surface area (Å²) >= 11 is 0. The molecule has 0 saturated carbocycles. The molecule has 2 aliphatic heterocycles. The summed E-state index contributed by atoms with van der Waals surface area (Å²) in [4.78, 5) is 38.4. The van der Waals surface area contributed by atoms with E-state index in [1.165, 1.54) is 18.5 Å². The van der Waals surface area contributed by atoms with Gasteiger partial charge in [0.1, 0.15) is 30.8 Å². The maximum atomic E-state index is 14.9. The molecule has 34 heavy (non-hydrogen) atoms. The van der Waals surface area contributed by atoms with Crippen LogP contribution in [0.5, 0.6) is 0 Å². The molecule has 3 N–H and O–H groups in total. The minimum atomic E-state index is -0.699. The lowest BCUT2D eigenvalue weighted by Crippen LogP contribution is -2.48. The Balaban J connectivity index is 1.31. The zero-order chi connectivity index (χ0) is 24.1. The Bertz CT molecular complexity index is 1120. The Morgan fingerprint density at radius 3 is 2.76 bits per heavy atom. The van der Waals surface area contributed by atoms with Gasteiger partial charge in [0, 0.05) is 35.5 Å². The van der Waals surface area contributed by atoms with Gasteiger partial charge in [-0.2, -0.15) is 0 Å². The zero-order valence-corrected chi connectivity index (χ0v) is 18.2. The van der Waals surface area contributed by atoms with Gasteiger partial charge in [-0.15, -0.1) is 0 Å². The largest absolute Gasteiger partial charge is 0.460 e. The second-order valence-corrected chi connectivity index (χ2v) is 7.87. The van der Waals surface area contributed by atoms with Gasteiger partial charge < -0.3 is 24.9 Å². The van der Waals surface area contributed by atoms with Gasteiger partial charge in [0.25, 0.3) is 0 Å². The van der Waals surface area contributed by atoms with E-state index in [-0.39, 0.29) is 48.7 Å². The van der Waals surface area contributed by atoms with E-state index in [0.29, 0.717) is 37.4 Å². The zero-order valence-electron chi connectivity index (χ0n) is 18.2. The Labute approximate surface area is 194 Å². The van der Waals surface area contributed by atoms with Crippen molar-refractivity contribution in [3.05, 3.63) is 42.0 Å². The summed E-state index contributed by atoms with van der Waals surface area (Å²) in [5.74, 6) is -1.30. The number of anilines is 1. The van der Waals surface area contributed by atoms with E-state index in [4.69, 9.17) is 25.5 Å². The average Bonchev–Trinajstić information content (AvgIpc) is 3.19. The van der Waals surface area contributed by atoms with E-state index in [0.717, 1.165) is 5.71 Å². The fourth-order valence-electron chi connectivity index (χ4n) is 3.41. The molecule has 0 radical (unpaired) electrons. The van der Waals surface area contributed by atoms with E-state index in [2.05, 4.69) is 15.1 Å². The van der Waals surface area contributed by atoms with Gasteiger partial charge in [0.15, 0.2) is 6.61 Å². The highest BCUT2D eigenvalue weighted by atomic mass is 19.1. The van der Waals surface area contributed by atoms with Crippen LogP contribution in [0.2, 0.25) is 0 Å². The SMILES string of the molecule is N=C(N)CC(=O)OCc1cccc(-c2cnc(N3CC(=NOCC4CCC(=O)O4)C3)nc2)c1F. The number of nitrogens with two attached hydrogens (primary N) is 1. The second-order valence-electron chi connectivity index (χ2n) is 7.87. The first-order valence-corrected chi connectivity index (χ1v) is 10.6. The van der Waals surface area contributed by atoms with Crippen molar-refractivity contribution < 1.29 is 28.3 Å². The second kappa shape index (κ2) is 10.2. The number of carbonyl (C=O) groups excluding carboxylic acids is 2. The molecule has 11 nitrogen and oxygen atoms in total. The predicted molar refractivity (Wildman–Crippen MR) is 118 cm³/mol. The van der Waals surface area contributed by atoms with Crippen molar-refractivity contribution in [1.29, 1.82) is 5.41 Å². The number of hydrogen-bond donors (Lipinski definition) is 2. The van der Waals surface area contributed by atoms with Gasteiger partial charge in [0.05, 0.1) is 18.8 Å². The molecule has 2 aliphatic rings. The quantitative estimate of drug-likeness (QED) is 0.240. The number of hydrogen-bond acceptors (Lipinski definition) is 10. The summed E-state index contributed by atoms with van der Waals surface area (Å²) < 4.78 is 25.0. The molecule has 1 aromatic carbocycles. The summed E-state index contributed by atoms with van der Waals surface area (Å²) in [5, 5.41) is 11.1. The molecule has 1 aromatic heterocycles. The maximum Gasteiger partial charge on any atom is 0.313 e. The highest BCUT2D eigenvalue weighted by molar-refractivity contribution is 5.98. The third kappa shape index (κ3) is 5.63. The van der Waals surface area contributed by atoms with Gasteiger partial charge in [-0.1, -0.05) is 23.4 Å². The van der Waals surface area contributed by atoms with Gasteiger partial charge in [-0.25, -0.2) is 14.4 Å². The van der Waals surface area contributed by atoms with Crippen LogP contribution in [0.4, 0.5) is 10.3 Å². The molecule has 0 aliphatic carbocycles. The van der Waals surface area contributed by atoms with Crippen LogP contribution in [0.15, 0.2) is 35.7 Å². The van der Waals surface area contributed by atoms with Crippen molar-refractivity contribution in [1.82, 2.24) is 9.97 Å². The molecule has 0 bridgehead atoms. The molecule has 0 spiro atoms. The number of nitrogens with one attached hydrogen (secondary N) is 1. The summed E-state index contributed by atoms with van der Waals surface area (Å²) in [7, 11) is 0. The summed E-state index contributed by atoms with van der Waals surface area (Å²) in [6.45, 7) is 0.964. The normalized spacial score (nSPS) is 17.1. The predicted octanol–water partition coefficient (Wildman–Crippen LogP) is 1.55. The van der Waals surface area contributed by atoms with Crippen LogP contribution in [0.1, 0.15) is 24.8 Å². The third-order valence-electron chi connectivity index (χ3n) is 5.20. The highest BCUT2D eigenvalue weighted by Gasteiger charge is 2.27. The average molecular weight is 470 g/mol. The molecule has 1 atom stereocenters. The molecular formula is C22H23FN6O5. The Morgan fingerprint density at radius 1 is 1.32 bits per heavy atom. The molecule has 1 unspecified atom stereocenters. The van der Waals surface area contributed by atoms with Crippen LogP contribution in [0.25, 0.3) is 11.1 Å². The summed E-state index contributed by atoms with van der Waals surface area (Å²) in [5.41, 5.74) is 6.91. The van der Waals surface area contributed by atoms with Gasteiger partial charge in [-0.05, 0) is 6.42 Å². The van der Waals surface area contributed by atoms with Gasteiger partial charge in [-0.3, -0.25) is 15.0 Å². The van der Waals surface area contributed by atoms with E-state index < -0.39 is 11.8 Å². The molecule has 4 rings (SSSR count). The number of oxime groups is 1. The molecule has 2 saturated heterocycles. The van der Waals surface area contributed by atoms with Crippen molar-refractivity contribution in [3.63, 3.8) is 0 Å². The number of halogens is 1. The maximum absolute atomic E-state index is 14.9. The minimum Gasteiger partial charge on any atom is -0.460 e. The lowest BCUT2D eigenvalue weighted by atomic mass is 10.1. The number of aromatic nitrogens is 2. The molecule has 3 heterocycles. The fourth-order valence-corrected chi connectivity index (χ4v) is 3.41. The molecule has 0 amide bonds. The first-order valence-electron chi connectivity index (χ1n) is 10.6. The van der Waals surface area contributed by atoms with Gasteiger partial charge >= 0.3 is 11.9 Å². The summed E-state index contributed by atoms with van der Waals surface area (Å²) in [6, 6.07) is 4.74. The van der Waals surface area contributed by atoms with Crippen LogP contribution in [-0.2, 0) is 30.5 Å². The molecule has 2 aromatic rings. The molecule has 12 heteroatoms. The van der Waals surface area contributed by atoms with E-state index >= 15 is 0 Å². The van der Waals surface area contributed by atoms with Crippen molar-refractivity contribution in [2.24, 2.45) is 10.9 Å². The lowest BCUT2D eigenvalue weighted by molar-refractivity contribution is -0.144. The fraction of sp³-hybridized carbons (Fsp3) is 0.364. The first-order chi connectivity index (χ1) is 16.4. The van der Waals surface area contributed by atoms with E-state index in [1.807, 2.05) is 4.90 Å². The molecule has 178 valence electrons. The van der Waals surface area contributed by atoms with Crippen molar-refractivity contribution in [2.45, 2.75) is 32.0 Å². The highest BCUT2D eigenvalue weighted by Crippen LogP contribution is 2.26. The number of esters is 2. The number of amidine groups is 1. The number of carbonyl (C=O) groups is 2. The lowest BCUT2D eigenvalue weighted by Gasteiger charge is -2.31. The van der Waals surface area contributed by atoms with Crippen molar-refractivity contribution in [3.8, 4) is 11.1 Å². The van der Waals surface area contributed by atoms with E-state index in [9.17, 15) is 14.0 Å². The van der Waals surface area contributed by atoms with Crippen LogP contribution in [0.3, 0.4) is 0 Å². The van der Waals surface area contributed by atoms with Crippen LogP contribution >= 0.6 is 0 Å².